The Kier molecular flexibility index (Phi) is 5.48. The molecule has 0 heterocycles. The first-order chi connectivity index (χ1) is 9.13. The third-order valence-corrected chi connectivity index (χ3v) is 3.63. The van der Waals surface area contributed by atoms with Crippen LogP contribution in [0.2, 0.25) is 5.02 Å². The van der Waals surface area contributed by atoms with Gasteiger partial charge in [-0.3, -0.25) is 0 Å². The standard InChI is InChI=1S/C15H15ClINO/c16-12-2-1-3-15(9-12)19-10-14(18)8-11-4-6-13(17)7-5-11/h1-7,9,14H,8,10,18H2. The molecule has 2 aromatic rings. The Bertz CT molecular complexity index is 530. The maximum Gasteiger partial charge on any atom is 0.120 e. The van der Waals surface area contributed by atoms with E-state index in [4.69, 9.17) is 22.1 Å². The Morgan fingerprint density at radius 3 is 2.58 bits per heavy atom. The van der Waals surface area contributed by atoms with E-state index in [2.05, 4.69) is 46.9 Å². The molecule has 2 N–H and O–H groups in total. The van der Waals surface area contributed by atoms with Crippen molar-refractivity contribution in [1.29, 1.82) is 0 Å². The lowest BCUT2D eigenvalue weighted by Gasteiger charge is -2.13. The summed E-state index contributed by atoms with van der Waals surface area (Å²) in [6.07, 6.45) is 0.803. The molecular weight excluding hydrogens is 373 g/mol. The van der Waals surface area contributed by atoms with E-state index < -0.39 is 0 Å². The molecule has 19 heavy (non-hydrogen) atoms. The second-order valence-corrected chi connectivity index (χ2v) is 6.04. The van der Waals surface area contributed by atoms with Crippen molar-refractivity contribution in [1.82, 2.24) is 0 Å². The Morgan fingerprint density at radius 1 is 1.16 bits per heavy atom. The zero-order valence-electron chi connectivity index (χ0n) is 10.4. The molecule has 0 radical (unpaired) electrons. The second-order valence-electron chi connectivity index (χ2n) is 4.36. The van der Waals surface area contributed by atoms with Gasteiger partial charge in [-0.05, 0) is 64.9 Å². The molecule has 0 aromatic heterocycles. The normalized spacial score (nSPS) is 12.2. The molecular formula is C15H15ClINO. The molecule has 0 saturated heterocycles. The molecule has 0 saturated carbocycles. The van der Waals surface area contributed by atoms with Crippen LogP contribution in [0, 0.1) is 3.57 Å². The fourth-order valence-electron chi connectivity index (χ4n) is 1.74. The van der Waals surface area contributed by atoms with Gasteiger partial charge < -0.3 is 10.5 Å². The van der Waals surface area contributed by atoms with E-state index in [0.29, 0.717) is 11.6 Å². The summed E-state index contributed by atoms with van der Waals surface area (Å²) >= 11 is 8.18. The number of hydrogen-bond acceptors (Lipinski definition) is 2. The van der Waals surface area contributed by atoms with Crippen molar-refractivity contribution in [2.75, 3.05) is 6.61 Å². The lowest BCUT2D eigenvalue weighted by Crippen LogP contribution is -2.30. The van der Waals surface area contributed by atoms with Crippen LogP contribution in [0.3, 0.4) is 0 Å². The molecule has 0 amide bonds. The van der Waals surface area contributed by atoms with Gasteiger partial charge in [-0.2, -0.15) is 0 Å². The highest BCUT2D eigenvalue weighted by atomic mass is 127. The van der Waals surface area contributed by atoms with Crippen molar-refractivity contribution in [2.24, 2.45) is 5.73 Å². The summed E-state index contributed by atoms with van der Waals surface area (Å²) < 4.78 is 6.86. The lowest BCUT2D eigenvalue weighted by atomic mass is 10.1. The number of benzene rings is 2. The fraction of sp³-hybridized carbons (Fsp3) is 0.200. The first kappa shape index (κ1) is 14.6. The third kappa shape index (κ3) is 5.01. The molecule has 2 aromatic carbocycles. The molecule has 4 heteroatoms. The number of ether oxygens (including phenoxy) is 1. The van der Waals surface area contributed by atoms with E-state index in [1.165, 1.54) is 9.13 Å². The molecule has 1 atom stereocenters. The van der Waals surface area contributed by atoms with Gasteiger partial charge in [0.25, 0.3) is 0 Å². The topological polar surface area (TPSA) is 35.2 Å². The summed E-state index contributed by atoms with van der Waals surface area (Å²) in [7, 11) is 0. The highest BCUT2D eigenvalue weighted by molar-refractivity contribution is 14.1. The van der Waals surface area contributed by atoms with Crippen LogP contribution in [0.4, 0.5) is 0 Å². The predicted octanol–water partition coefficient (Wildman–Crippen LogP) is 3.89. The Balaban J connectivity index is 1.84. The van der Waals surface area contributed by atoms with E-state index in [9.17, 15) is 0 Å². The van der Waals surface area contributed by atoms with Crippen LogP contribution in [0.15, 0.2) is 48.5 Å². The van der Waals surface area contributed by atoms with Crippen LogP contribution in [0.5, 0.6) is 5.75 Å². The van der Waals surface area contributed by atoms with Crippen molar-refractivity contribution < 1.29 is 4.74 Å². The van der Waals surface area contributed by atoms with Gasteiger partial charge in [-0.25, -0.2) is 0 Å². The van der Waals surface area contributed by atoms with Gasteiger partial charge >= 0.3 is 0 Å². The summed E-state index contributed by atoms with van der Waals surface area (Å²) in [5.74, 6) is 0.755. The molecule has 2 rings (SSSR count). The Labute approximate surface area is 132 Å². The monoisotopic (exact) mass is 387 g/mol. The van der Waals surface area contributed by atoms with Crippen molar-refractivity contribution in [3.8, 4) is 5.75 Å². The highest BCUT2D eigenvalue weighted by Crippen LogP contribution is 2.17. The molecule has 0 bridgehead atoms. The van der Waals surface area contributed by atoms with Gasteiger partial charge in [0.1, 0.15) is 12.4 Å². The van der Waals surface area contributed by atoms with Gasteiger partial charge in [-0.1, -0.05) is 29.8 Å². The van der Waals surface area contributed by atoms with Crippen LogP contribution in [0.25, 0.3) is 0 Å². The number of halogens is 2. The van der Waals surface area contributed by atoms with Gasteiger partial charge in [0.15, 0.2) is 0 Å². The summed E-state index contributed by atoms with van der Waals surface area (Å²) in [5, 5.41) is 0.670. The van der Waals surface area contributed by atoms with Crippen molar-refractivity contribution in [3.05, 3.63) is 62.7 Å². The van der Waals surface area contributed by atoms with Gasteiger partial charge in [-0.15, -0.1) is 0 Å². The SMILES string of the molecule is NC(COc1cccc(Cl)c1)Cc1ccc(I)cc1. The Hall–Kier alpha value is -0.780. The molecule has 2 nitrogen and oxygen atoms in total. The second kappa shape index (κ2) is 7.12. The Morgan fingerprint density at radius 2 is 1.89 bits per heavy atom. The number of rotatable bonds is 5. The molecule has 0 spiro atoms. The molecule has 0 aliphatic carbocycles. The zero-order valence-corrected chi connectivity index (χ0v) is 13.3. The van der Waals surface area contributed by atoms with Crippen LogP contribution in [0.1, 0.15) is 5.56 Å². The van der Waals surface area contributed by atoms with E-state index in [-0.39, 0.29) is 6.04 Å². The minimum atomic E-state index is -0.0287. The van der Waals surface area contributed by atoms with E-state index in [1.807, 2.05) is 18.2 Å². The maximum atomic E-state index is 6.07. The van der Waals surface area contributed by atoms with Crippen molar-refractivity contribution in [3.63, 3.8) is 0 Å². The van der Waals surface area contributed by atoms with E-state index in [0.717, 1.165) is 12.2 Å². The highest BCUT2D eigenvalue weighted by Gasteiger charge is 2.05. The third-order valence-electron chi connectivity index (χ3n) is 2.67. The van der Waals surface area contributed by atoms with Crippen molar-refractivity contribution >= 4 is 34.2 Å². The maximum absolute atomic E-state index is 6.07. The lowest BCUT2D eigenvalue weighted by molar-refractivity contribution is 0.287. The first-order valence-electron chi connectivity index (χ1n) is 6.02. The van der Waals surface area contributed by atoms with E-state index >= 15 is 0 Å². The van der Waals surface area contributed by atoms with Gasteiger partial charge in [0.05, 0.1) is 0 Å². The largest absolute Gasteiger partial charge is 0.492 e. The number of nitrogens with two attached hydrogens (primary N) is 1. The minimum Gasteiger partial charge on any atom is -0.492 e. The zero-order chi connectivity index (χ0) is 13.7. The summed E-state index contributed by atoms with van der Waals surface area (Å²) in [4.78, 5) is 0. The van der Waals surface area contributed by atoms with Crippen LogP contribution >= 0.6 is 34.2 Å². The van der Waals surface area contributed by atoms with Gasteiger partial charge in [0, 0.05) is 14.6 Å². The van der Waals surface area contributed by atoms with Crippen molar-refractivity contribution in [2.45, 2.75) is 12.5 Å². The molecule has 100 valence electrons. The van der Waals surface area contributed by atoms with Gasteiger partial charge in [0.2, 0.25) is 0 Å². The average molecular weight is 388 g/mol. The first-order valence-corrected chi connectivity index (χ1v) is 7.47. The molecule has 0 aliphatic rings. The molecule has 0 aliphatic heterocycles. The average Bonchev–Trinajstić information content (AvgIpc) is 2.39. The fourth-order valence-corrected chi connectivity index (χ4v) is 2.28. The smallest absolute Gasteiger partial charge is 0.120 e. The van der Waals surface area contributed by atoms with Crippen LogP contribution in [-0.2, 0) is 6.42 Å². The molecule has 0 fully saturated rings. The van der Waals surface area contributed by atoms with Crippen LogP contribution in [-0.4, -0.2) is 12.6 Å². The quantitative estimate of drug-likeness (QED) is 0.790. The molecule has 1 unspecified atom stereocenters. The van der Waals surface area contributed by atoms with Crippen LogP contribution < -0.4 is 10.5 Å². The number of hydrogen-bond donors (Lipinski definition) is 1. The minimum absolute atomic E-state index is 0.0287. The van der Waals surface area contributed by atoms with E-state index in [1.54, 1.807) is 6.07 Å². The summed E-state index contributed by atoms with van der Waals surface area (Å²) in [6, 6.07) is 15.7. The summed E-state index contributed by atoms with van der Waals surface area (Å²) in [5.41, 5.74) is 7.29. The predicted molar refractivity (Wildman–Crippen MR) is 87.8 cm³/mol. The summed E-state index contributed by atoms with van der Waals surface area (Å²) in [6.45, 7) is 0.479.